The van der Waals surface area contributed by atoms with Gasteiger partial charge in [-0.05, 0) is 71.8 Å². The lowest BCUT2D eigenvalue weighted by Crippen LogP contribution is -2.58. The van der Waals surface area contributed by atoms with Gasteiger partial charge in [-0.15, -0.1) is 0 Å². The topological polar surface area (TPSA) is 211 Å². The average Bonchev–Trinajstić information content (AvgIpc) is 2.99. The molecule has 0 aliphatic carbocycles. The first-order valence-electron chi connectivity index (χ1n) is 14.5. The number of carboxylic acid groups (broad SMARTS) is 1. The molecule has 4 atom stereocenters. The Labute approximate surface area is 261 Å². The Morgan fingerprint density at radius 2 is 0.911 bits per heavy atom. The molecule has 0 spiro atoms. The van der Waals surface area contributed by atoms with E-state index >= 15 is 0 Å². The van der Waals surface area contributed by atoms with Crippen molar-refractivity contribution in [2.45, 2.75) is 63.7 Å². The lowest BCUT2D eigenvalue weighted by Gasteiger charge is -2.26. The molecule has 3 aromatic carbocycles. The number of amides is 3. The van der Waals surface area contributed by atoms with Crippen LogP contribution < -0.4 is 21.7 Å². The minimum Gasteiger partial charge on any atom is -0.508 e. The second-order valence-corrected chi connectivity index (χ2v) is 11.4. The second kappa shape index (κ2) is 16.1. The molecule has 12 heteroatoms. The minimum atomic E-state index is -1.24. The third kappa shape index (κ3) is 11.2. The van der Waals surface area contributed by atoms with Gasteiger partial charge in [0.2, 0.25) is 17.7 Å². The van der Waals surface area contributed by atoms with E-state index < -0.39 is 47.9 Å². The summed E-state index contributed by atoms with van der Waals surface area (Å²) >= 11 is 0. The lowest BCUT2D eigenvalue weighted by atomic mass is 10.00. The van der Waals surface area contributed by atoms with E-state index in [-0.39, 0.29) is 48.8 Å². The maximum atomic E-state index is 13.7. The van der Waals surface area contributed by atoms with Crippen LogP contribution >= 0.6 is 0 Å². The van der Waals surface area contributed by atoms with Crippen LogP contribution in [0.4, 0.5) is 0 Å². The number of carbonyl (C=O) groups is 4. The highest BCUT2D eigenvalue weighted by atomic mass is 16.4. The molecular weight excluding hydrogens is 580 g/mol. The van der Waals surface area contributed by atoms with Crippen LogP contribution in [0, 0.1) is 5.92 Å². The van der Waals surface area contributed by atoms with Crippen molar-refractivity contribution in [3.05, 3.63) is 89.5 Å². The molecule has 0 saturated heterocycles. The summed E-state index contributed by atoms with van der Waals surface area (Å²) in [5.74, 6) is -3.26. The SMILES string of the molecule is CC(C)CC(NC(=O)C(Cc1ccc(O)cc1)NC(=O)C(Cc1ccc(O)cc1)NC(=O)C(N)Cc1ccc(O)cc1)C(=O)O. The number of carboxylic acids is 1. The summed E-state index contributed by atoms with van der Waals surface area (Å²) in [4.78, 5) is 52.2. The highest BCUT2D eigenvalue weighted by Crippen LogP contribution is 2.15. The summed E-state index contributed by atoms with van der Waals surface area (Å²) in [7, 11) is 0. The predicted octanol–water partition coefficient (Wildman–Crippen LogP) is 1.74. The zero-order valence-corrected chi connectivity index (χ0v) is 25.1. The number of hydrogen-bond acceptors (Lipinski definition) is 8. The van der Waals surface area contributed by atoms with Gasteiger partial charge in [0, 0.05) is 12.8 Å². The van der Waals surface area contributed by atoms with E-state index in [4.69, 9.17) is 5.73 Å². The molecule has 0 saturated carbocycles. The van der Waals surface area contributed by atoms with Crippen LogP contribution in [-0.2, 0) is 38.4 Å². The highest BCUT2D eigenvalue weighted by molar-refractivity contribution is 5.94. The van der Waals surface area contributed by atoms with E-state index in [1.165, 1.54) is 36.4 Å². The Balaban J connectivity index is 1.85. The summed E-state index contributed by atoms with van der Waals surface area (Å²) in [6.07, 6.45) is 0.242. The molecule has 3 aromatic rings. The molecule has 0 aliphatic rings. The Bertz CT molecular complexity index is 1440. The number of hydrogen-bond donors (Lipinski definition) is 8. The van der Waals surface area contributed by atoms with Gasteiger partial charge in [-0.25, -0.2) is 4.79 Å². The number of benzene rings is 3. The zero-order chi connectivity index (χ0) is 33.1. The maximum Gasteiger partial charge on any atom is 0.326 e. The van der Waals surface area contributed by atoms with Crippen molar-refractivity contribution < 1.29 is 39.6 Å². The smallest absolute Gasteiger partial charge is 0.326 e. The molecule has 12 nitrogen and oxygen atoms in total. The van der Waals surface area contributed by atoms with Crippen molar-refractivity contribution in [2.75, 3.05) is 0 Å². The molecule has 9 N–H and O–H groups in total. The lowest BCUT2D eigenvalue weighted by molar-refractivity contribution is -0.142. The number of aliphatic carboxylic acids is 1. The van der Waals surface area contributed by atoms with Crippen molar-refractivity contribution in [1.29, 1.82) is 0 Å². The van der Waals surface area contributed by atoms with Crippen LogP contribution in [0.15, 0.2) is 72.8 Å². The van der Waals surface area contributed by atoms with Crippen LogP contribution in [-0.4, -0.2) is 68.3 Å². The van der Waals surface area contributed by atoms with Gasteiger partial charge in [-0.1, -0.05) is 50.2 Å². The molecule has 0 aliphatic heterocycles. The summed E-state index contributed by atoms with van der Waals surface area (Å²) in [6, 6.07) is 13.5. The number of phenols is 3. The maximum absolute atomic E-state index is 13.7. The summed E-state index contributed by atoms with van der Waals surface area (Å²) in [5, 5.41) is 46.4. The normalized spacial score (nSPS) is 13.7. The van der Waals surface area contributed by atoms with Crippen LogP contribution in [0.2, 0.25) is 0 Å². The summed E-state index contributed by atoms with van der Waals surface area (Å²) in [6.45, 7) is 3.64. The van der Waals surface area contributed by atoms with Gasteiger partial charge >= 0.3 is 5.97 Å². The average molecular weight is 621 g/mol. The van der Waals surface area contributed by atoms with Gasteiger partial charge in [0.05, 0.1) is 6.04 Å². The van der Waals surface area contributed by atoms with Crippen molar-refractivity contribution in [3.8, 4) is 17.2 Å². The van der Waals surface area contributed by atoms with Gasteiger partial charge in [-0.2, -0.15) is 0 Å². The number of nitrogens with one attached hydrogen (secondary N) is 3. The van der Waals surface area contributed by atoms with Gasteiger partial charge in [-0.3, -0.25) is 14.4 Å². The Morgan fingerprint density at radius 3 is 1.27 bits per heavy atom. The molecule has 3 amide bonds. The van der Waals surface area contributed by atoms with E-state index in [0.29, 0.717) is 16.7 Å². The number of phenolic OH excluding ortho intramolecular Hbond substituents is 3. The van der Waals surface area contributed by atoms with E-state index in [0.717, 1.165) is 0 Å². The first-order valence-corrected chi connectivity index (χ1v) is 14.5. The van der Waals surface area contributed by atoms with Gasteiger partial charge in [0.1, 0.15) is 35.4 Å². The number of nitrogens with two attached hydrogens (primary N) is 1. The number of carbonyl (C=O) groups excluding carboxylic acids is 3. The van der Waals surface area contributed by atoms with Gasteiger partial charge < -0.3 is 42.1 Å². The Morgan fingerprint density at radius 1 is 0.578 bits per heavy atom. The molecule has 0 aromatic heterocycles. The Kier molecular flexibility index (Phi) is 12.3. The number of aromatic hydroxyl groups is 3. The quantitative estimate of drug-likeness (QED) is 0.124. The van der Waals surface area contributed by atoms with E-state index in [9.17, 15) is 39.6 Å². The van der Waals surface area contributed by atoms with Crippen molar-refractivity contribution in [3.63, 3.8) is 0 Å². The second-order valence-electron chi connectivity index (χ2n) is 11.4. The van der Waals surface area contributed by atoms with Gasteiger partial charge in [0.15, 0.2) is 0 Å². The molecular formula is C33H40N4O8. The molecule has 45 heavy (non-hydrogen) atoms. The van der Waals surface area contributed by atoms with E-state index in [1.54, 1.807) is 36.4 Å². The van der Waals surface area contributed by atoms with Gasteiger partial charge in [0.25, 0.3) is 0 Å². The van der Waals surface area contributed by atoms with Crippen molar-refractivity contribution in [2.24, 2.45) is 11.7 Å². The van der Waals surface area contributed by atoms with Crippen LogP contribution in [0.25, 0.3) is 0 Å². The molecule has 0 fully saturated rings. The number of rotatable bonds is 15. The highest BCUT2D eigenvalue weighted by Gasteiger charge is 2.31. The first-order chi connectivity index (χ1) is 21.3. The first kappa shape index (κ1) is 34.4. The monoisotopic (exact) mass is 620 g/mol. The molecule has 240 valence electrons. The summed E-state index contributed by atoms with van der Waals surface area (Å²) in [5.41, 5.74) is 8.03. The van der Waals surface area contributed by atoms with Crippen molar-refractivity contribution in [1.82, 2.24) is 16.0 Å². The van der Waals surface area contributed by atoms with E-state index in [2.05, 4.69) is 16.0 Å². The summed E-state index contributed by atoms with van der Waals surface area (Å²) < 4.78 is 0. The molecule has 0 radical (unpaired) electrons. The predicted molar refractivity (Wildman–Crippen MR) is 166 cm³/mol. The fraction of sp³-hybridized carbons (Fsp3) is 0.333. The fourth-order valence-electron chi connectivity index (χ4n) is 4.65. The molecule has 0 bridgehead atoms. The third-order valence-electron chi connectivity index (χ3n) is 7.07. The third-order valence-corrected chi connectivity index (χ3v) is 7.07. The molecule has 4 unspecified atom stereocenters. The van der Waals surface area contributed by atoms with Crippen LogP contribution in [0.3, 0.4) is 0 Å². The fourth-order valence-corrected chi connectivity index (χ4v) is 4.65. The van der Waals surface area contributed by atoms with Crippen molar-refractivity contribution >= 4 is 23.7 Å². The molecule has 3 rings (SSSR count). The van der Waals surface area contributed by atoms with Crippen LogP contribution in [0.5, 0.6) is 17.2 Å². The van der Waals surface area contributed by atoms with Crippen LogP contribution in [0.1, 0.15) is 37.0 Å². The zero-order valence-electron chi connectivity index (χ0n) is 25.1. The molecule has 0 heterocycles. The van der Waals surface area contributed by atoms with E-state index in [1.807, 2.05) is 13.8 Å². The Hall–Kier alpha value is -5.10. The minimum absolute atomic E-state index is 0.00646. The largest absolute Gasteiger partial charge is 0.508 e. The standard InChI is InChI=1S/C33H40N4O8/c1-19(2)15-29(33(44)45)37-32(43)28(18-22-7-13-25(40)14-8-22)36-31(42)27(17-21-5-11-24(39)12-6-21)35-30(41)26(34)16-20-3-9-23(38)10-4-20/h3-14,19,26-29,38-40H,15-18,34H2,1-2H3,(H,35,41)(H,36,42)(H,37,43)(H,44,45).